The van der Waals surface area contributed by atoms with E-state index in [0.29, 0.717) is 6.04 Å². The van der Waals surface area contributed by atoms with E-state index in [2.05, 4.69) is 46.1 Å². The Kier molecular flexibility index (Phi) is 6.42. The number of hydrogen-bond donors (Lipinski definition) is 0. The van der Waals surface area contributed by atoms with Gasteiger partial charge in [-0.3, -0.25) is 9.88 Å². The van der Waals surface area contributed by atoms with Crippen LogP contribution >= 0.6 is 0 Å². The second-order valence-electron chi connectivity index (χ2n) is 6.93. The number of benzene rings is 1. The lowest BCUT2D eigenvalue weighted by atomic mass is 10.1. The van der Waals surface area contributed by atoms with Gasteiger partial charge in [-0.1, -0.05) is 18.2 Å². The van der Waals surface area contributed by atoms with Crippen LogP contribution in [0, 0.1) is 0 Å². The molecule has 4 nitrogen and oxygen atoms in total. The van der Waals surface area contributed by atoms with E-state index in [9.17, 15) is 0 Å². The summed E-state index contributed by atoms with van der Waals surface area (Å²) < 4.78 is 5.25. The van der Waals surface area contributed by atoms with Crippen LogP contribution < -0.4 is 4.74 Å². The summed E-state index contributed by atoms with van der Waals surface area (Å²) in [5, 5.41) is 0. The lowest BCUT2D eigenvalue weighted by Gasteiger charge is -2.28. The molecule has 2 heterocycles. The monoisotopic (exact) mass is 339 g/mol. The number of hydrogen-bond acceptors (Lipinski definition) is 4. The van der Waals surface area contributed by atoms with Crippen molar-refractivity contribution in [3.05, 3.63) is 59.9 Å². The Balaban J connectivity index is 1.62. The molecule has 0 radical (unpaired) electrons. The van der Waals surface area contributed by atoms with Gasteiger partial charge in [-0.25, -0.2) is 0 Å². The fourth-order valence-corrected chi connectivity index (χ4v) is 3.54. The molecule has 1 aromatic heterocycles. The molecule has 1 aliphatic heterocycles. The van der Waals surface area contributed by atoms with Crippen LogP contribution in [0.2, 0.25) is 0 Å². The van der Waals surface area contributed by atoms with Gasteiger partial charge in [-0.2, -0.15) is 0 Å². The summed E-state index contributed by atoms with van der Waals surface area (Å²) in [4.78, 5) is 9.57. The molecule has 1 aliphatic rings. The lowest BCUT2D eigenvalue weighted by Crippen LogP contribution is -2.39. The van der Waals surface area contributed by atoms with Gasteiger partial charge in [0.25, 0.3) is 0 Å². The number of methoxy groups -OCH3 is 1. The van der Waals surface area contributed by atoms with Gasteiger partial charge in [-0.15, -0.1) is 0 Å². The third kappa shape index (κ3) is 5.28. The first kappa shape index (κ1) is 17.9. The standard InChI is InChI=1S/C21H29N3O/c1-23-14-5-7-20(23)17-24(16-19-6-3-4-13-22-19)15-12-18-8-10-21(25-2)11-9-18/h3-4,6,8-11,13,20H,5,7,12,14-17H2,1-2H3/t20-/m1/s1. The molecule has 0 spiro atoms. The quantitative estimate of drug-likeness (QED) is 0.738. The topological polar surface area (TPSA) is 28.6 Å². The third-order valence-corrected chi connectivity index (χ3v) is 5.13. The molecular formula is C21H29N3O. The highest BCUT2D eigenvalue weighted by molar-refractivity contribution is 5.27. The summed E-state index contributed by atoms with van der Waals surface area (Å²) in [7, 11) is 3.96. The van der Waals surface area contributed by atoms with Crippen molar-refractivity contribution in [1.82, 2.24) is 14.8 Å². The number of pyridine rings is 1. The molecule has 1 aromatic carbocycles. The fraction of sp³-hybridized carbons (Fsp3) is 0.476. The largest absolute Gasteiger partial charge is 0.497 e. The van der Waals surface area contributed by atoms with Crippen molar-refractivity contribution in [2.75, 3.05) is 33.8 Å². The number of likely N-dealkylation sites (tertiary alicyclic amines) is 1. The summed E-state index contributed by atoms with van der Waals surface area (Å²) in [6.07, 6.45) is 5.56. The molecular weight excluding hydrogens is 310 g/mol. The van der Waals surface area contributed by atoms with Gasteiger partial charge in [0.2, 0.25) is 0 Å². The molecule has 4 heteroatoms. The SMILES string of the molecule is COc1ccc(CCN(Cc2ccccn2)C[C@H]2CCCN2C)cc1. The minimum atomic E-state index is 0.666. The molecule has 0 bridgehead atoms. The first-order valence-electron chi connectivity index (χ1n) is 9.20. The van der Waals surface area contributed by atoms with Gasteiger partial charge < -0.3 is 9.64 Å². The minimum Gasteiger partial charge on any atom is -0.497 e. The van der Waals surface area contributed by atoms with E-state index in [1.807, 2.05) is 24.4 Å². The van der Waals surface area contributed by atoms with Crippen LogP contribution in [0.3, 0.4) is 0 Å². The average molecular weight is 339 g/mol. The highest BCUT2D eigenvalue weighted by Crippen LogP contribution is 2.18. The van der Waals surface area contributed by atoms with E-state index >= 15 is 0 Å². The van der Waals surface area contributed by atoms with Crippen molar-refractivity contribution in [1.29, 1.82) is 0 Å². The Labute approximate surface area is 151 Å². The van der Waals surface area contributed by atoms with Crippen LogP contribution in [-0.4, -0.2) is 54.6 Å². The van der Waals surface area contributed by atoms with Crippen LogP contribution in [0.5, 0.6) is 5.75 Å². The van der Waals surface area contributed by atoms with Gasteiger partial charge in [0.05, 0.1) is 12.8 Å². The summed E-state index contributed by atoms with van der Waals surface area (Å²) in [6.45, 7) is 4.30. The number of ether oxygens (including phenoxy) is 1. The van der Waals surface area contributed by atoms with Crippen LogP contribution in [-0.2, 0) is 13.0 Å². The predicted octanol–water partition coefficient (Wildman–Crippen LogP) is 3.23. The van der Waals surface area contributed by atoms with E-state index < -0.39 is 0 Å². The maximum Gasteiger partial charge on any atom is 0.118 e. The molecule has 0 unspecified atom stereocenters. The average Bonchev–Trinajstić information content (AvgIpc) is 3.05. The molecule has 2 aromatic rings. The van der Waals surface area contributed by atoms with E-state index in [4.69, 9.17) is 4.74 Å². The first-order valence-corrected chi connectivity index (χ1v) is 9.20. The molecule has 25 heavy (non-hydrogen) atoms. The highest BCUT2D eigenvalue weighted by Gasteiger charge is 2.23. The van der Waals surface area contributed by atoms with Crippen LogP contribution in [0.15, 0.2) is 48.7 Å². The van der Waals surface area contributed by atoms with Crippen molar-refractivity contribution in [3.63, 3.8) is 0 Å². The van der Waals surface area contributed by atoms with E-state index in [1.54, 1.807) is 7.11 Å². The van der Waals surface area contributed by atoms with Crippen LogP contribution in [0.1, 0.15) is 24.1 Å². The van der Waals surface area contributed by atoms with Gasteiger partial charge in [0.15, 0.2) is 0 Å². The van der Waals surface area contributed by atoms with Gasteiger partial charge in [0, 0.05) is 31.9 Å². The highest BCUT2D eigenvalue weighted by atomic mass is 16.5. The predicted molar refractivity (Wildman–Crippen MR) is 102 cm³/mol. The van der Waals surface area contributed by atoms with Crippen LogP contribution in [0.4, 0.5) is 0 Å². The third-order valence-electron chi connectivity index (χ3n) is 5.13. The molecule has 0 N–H and O–H groups in total. The Morgan fingerprint density at radius 2 is 2.04 bits per heavy atom. The minimum absolute atomic E-state index is 0.666. The van der Waals surface area contributed by atoms with Gasteiger partial charge >= 0.3 is 0 Å². The smallest absolute Gasteiger partial charge is 0.118 e. The number of likely N-dealkylation sites (N-methyl/N-ethyl adjacent to an activating group) is 1. The van der Waals surface area contributed by atoms with Crippen molar-refractivity contribution in [2.24, 2.45) is 0 Å². The molecule has 1 fully saturated rings. The molecule has 134 valence electrons. The Morgan fingerprint density at radius 1 is 1.20 bits per heavy atom. The Hall–Kier alpha value is -1.91. The van der Waals surface area contributed by atoms with Crippen molar-refractivity contribution >= 4 is 0 Å². The summed E-state index contributed by atoms with van der Waals surface area (Å²) in [6, 6.07) is 15.3. The molecule has 3 rings (SSSR count). The van der Waals surface area contributed by atoms with E-state index in [0.717, 1.165) is 37.5 Å². The molecule has 1 atom stereocenters. The normalized spacial score (nSPS) is 18.0. The second kappa shape index (κ2) is 8.97. The van der Waals surface area contributed by atoms with E-state index in [1.165, 1.54) is 24.9 Å². The fourth-order valence-electron chi connectivity index (χ4n) is 3.54. The number of aromatic nitrogens is 1. The summed E-state index contributed by atoms with van der Waals surface area (Å²) >= 11 is 0. The molecule has 1 saturated heterocycles. The van der Waals surface area contributed by atoms with Gasteiger partial charge in [-0.05, 0) is 62.7 Å². The Bertz CT molecular complexity index is 629. The maximum absolute atomic E-state index is 5.25. The first-order chi connectivity index (χ1) is 12.2. The molecule has 0 aliphatic carbocycles. The summed E-state index contributed by atoms with van der Waals surface area (Å²) in [5.41, 5.74) is 2.50. The number of rotatable bonds is 8. The van der Waals surface area contributed by atoms with Gasteiger partial charge in [0.1, 0.15) is 5.75 Å². The zero-order valence-electron chi connectivity index (χ0n) is 15.4. The molecule has 0 amide bonds. The summed E-state index contributed by atoms with van der Waals surface area (Å²) in [5.74, 6) is 0.918. The van der Waals surface area contributed by atoms with Crippen molar-refractivity contribution in [2.45, 2.75) is 31.8 Å². The zero-order valence-corrected chi connectivity index (χ0v) is 15.4. The van der Waals surface area contributed by atoms with E-state index in [-0.39, 0.29) is 0 Å². The number of nitrogens with zero attached hydrogens (tertiary/aromatic N) is 3. The second-order valence-corrected chi connectivity index (χ2v) is 6.93. The van der Waals surface area contributed by atoms with Crippen LogP contribution in [0.25, 0.3) is 0 Å². The van der Waals surface area contributed by atoms with Crippen molar-refractivity contribution < 1.29 is 4.74 Å². The Morgan fingerprint density at radius 3 is 2.68 bits per heavy atom. The lowest BCUT2D eigenvalue weighted by molar-refractivity contribution is 0.186. The zero-order chi connectivity index (χ0) is 17.5. The van der Waals surface area contributed by atoms with Crippen molar-refractivity contribution in [3.8, 4) is 5.75 Å². The molecule has 0 saturated carbocycles. The maximum atomic E-state index is 5.25.